The van der Waals surface area contributed by atoms with Crippen LogP contribution in [0.25, 0.3) is 211 Å². The van der Waals surface area contributed by atoms with E-state index in [1.54, 1.807) is 36.9 Å². The Labute approximate surface area is 619 Å². The summed E-state index contributed by atoms with van der Waals surface area (Å²) in [6.07, 6.45) is 6.93. The van der Waals surface area contributed by atoms with E-state index in [4.69, 9.17) is 39.9 Å². The van der Waals surface area contributed by atoms with E-state index in [-0.39, 0.29) is 0 Å². The molecule has 0 aliphatic heterocycles. The highest BCUT2D eigenvalue weighted by atomic mass is 14.9. The fraction of sp³-hybridized carbons (Fsp3) is 0. The summed E-state index contributed by atoms with van der Waals surface area (Å²) in [5.74, 6) is 1.21. The van der Waals surface area contributed by atoms with E-state index in [0.29, 0.717) is 11.6 Å². The highest BCUT2D eigenvalue weighted by Crippen LogP contribution is 2.37. The van der Waals surface area contributed by atoms with Gasteiger partial charge in [-0.2, -0.15) is 0 Å². The first kappa shape index (κ1) is 62.9. The van der Waals surface area contributed by atoms with Crippen LogP contribution >= 0.6 is 0 Å². The molecule has 0 atom stereocenters. The molecule has 10 aromatic heterocycles. The predicted octanol–water partition coefficient (Wildman–Crippen LogP) is 23.2. The lowest BCUT2D eigenvalue weighted by molar-refractivity contribution is 1.15. The van der Waals surface area contributed by atoms with Gasteiger partial charge in [-0.05, 0) is 124 Å². The van der Waals surface area contributed by atoms with Crippen molar-refractivity contribution >= 4 is 98.0 Å². The third kappa shape index (κ3) is 12.1. The van der Waals surface area contributed by atoms with E-state index < -0.39 is 0 Å². The van der Waals surface area contributed by atoms with Gasteiger partial charge in [-0.15, -0.1) is 0 Å². The third-order valence-corrected chi connectivity index (χ3v) is 20.1. The lowest BCUT2D eigenvalue weighted by atomic mass is 10.00. The normalized spacial score (nSPS) is 11.5. The molecule has 10 heterocycles. The molecule has 0 aliphatic carbocycles. The summed E-state index contributed by atoms with van der Waals surface area (Å²) in [6, 6.07) is 113. The van der Waals surface area contributed by atoms with Crippen LogP contribution in [0.15, 0.2) is 352 Å². The van der Waals surface area contributed by atoms with Gasteiger partial charge >= 0.3 is 0 Å². The Morgan fingerprint density at radius 3 is 0.787 bits per heavy atom. The van der Waals surface area contributed by atoms with Crippen LogP contribution in [0, 0.1) is 0 Å². The number of nitrogens with zero attached hydrogens (tertiary/aromatic N) is 12. The molecule has 11 aromatic carbocycles. The zero-order valence-electron chi connectivity index (χ0n) is 57.9. The summed E-state index contributed by atoms with van der Waals surface area (Å²) >= 11 is 0. The molecule has 0 saturated heterocycles. The lowest BCUT2D eigenvalue weighted by Gasteiger charge is -2.10. The molecule has 0 bridgehead atoms. The lowest BCUT2D eigenvalue weighted by Crippen LogP contribution is -1.92. The number of hydrogen-bond donors (Lipinski definition) is 0. The van der Waals surface area contributed by atoms with E-state index >= 15 is 0 Å². The smallest absolute Gasteiger partial charge is 0.178 e. The molecule has 0 saturated carbocycles. The van der Waals surface area contributed by atoms with Gasteiger partial charge in [0, 0.05) is 101 Å². The Morgan fingerprint density at radius 2 is 0.389 bits per heavy atom. The van der Waals surface area contributed by atoms with Gasteiger partial charge in [0.05, 0.1) is 78.3 Å². The van der Waals surface area contributed by atoms with Gasteiger partial charge in [0.1, 0.15) is 11.4 Å². The zero-order chi connectivity index (χ0) is 71.4. The van der Waals surface area contributed by atoms with Crippen molar-refractivity contribution in [1.29, 1.82) is 0 Å². The molecule has 0 unspecified atom stereocenters. The first-order valence-electron chi connectivity index (χ1n) is 35.8. The first-order chi connectivity index (χ1) is 53.4. The average molecular weight is 1380 g/mol. The molecule has 0 spiro atoms. The molecule has 0 radical (unpaired) electrons. The van der Waals surface area contributed by atoms with Crippen molar-refractivity contribution in [2.75, 3.05) is 0 Å². The van der Waals surface area contributed by atoms with Gasteiger partial charge < -0.3 is 0 Å². The number of benzene rings is 11. The van der Waals surface area contributed by atoms with Crippen LogP contribution in [-0.2, 0) is 0 Å². The van der Waals surface area contributed by atoms with Gasteiger partial charge in [-0.1, -0.05) is 237 Å². The standard InChI is InChI=1S/C50H30N6.C46H28N6/c1-2-5-38-28-40(16-8-31(38)4-1)44-24-21-37-14-13-36-20-23-42(55-48(36)49(37)56-44)33-9-6-32(7-10-33)39-15-11-34-18-22-43(53-46(34)29-39)41-17-12-35-19-25-45(54-47(35)30-41)50-51-26-3-27-52-50;1-2-5-30(6-3-1)38-22-19-34-13-14-35-20-23-39(52-45(35)44(34)51-38)31-9-7-29(8-10-31)36-15-11-32-17-21-40(49-42(32)27-36)37-16-12-33-18-24-41(50-43(33)28-37)46-47-25-4-26-48-46/h1-30H;1-28H. The van der Waals surface area contributed by atoms with Crippen molar-refractivity contribution in [3.8, 4) is 113 Å². The Morgan fingerprint density at radius 1 is 0.139 bits per heavy atom. The second-order valence-corrected chi connectivity index (χ2v) is 26.8. The minimum absolute atomic E-state index is 0.607. The summed E-state index contributed by atoms with van der Waals surface area (Å²) in [5.41, 5.74) is 24.9. The molecule has 21 rings (SSSR count). The minimum atomic E-state index is 0.607. The monoisotopic (exact) mass is 1380 g/mol. The maximum Gasteiger partial charge on any atom is 0.178 e. The number of aromatic nitrogens is 12. The van der Waals surface area contributed by atoms with Crippen LogP contribution in [0.1, 0.15) is 0 Å². The Kier molecular flexibility index (Phi) is 15.6. The van der Waals surface area contributed by atoms with Gasteiger partial charge in [-0.3, -0.25) is 0 Å². The largest absolute Gasteiger partial charge is 0.248 e. The van der Waals surface area contributed by atoms with Crippen molar-refractivity contribution in [2.45, 2.75) is 0 Å². The van der Waals surface area contributed by atoms with Crippen molar-refractivity contribution in [3.05, 3.63) is 352 Å². The molecule has 0 N–H and O–H groups in total. The molecular formula is C96H58N12. The van der Waals surface area contributed by atoms with Gasteiger partial charge in [0.25, 0.3) is 0 Å². The van der Waals surface area contributed by atoms with E-state index in [0.717, 1.165) is 188 Å². The maximum atomic E-state index is 5.20. The molecule has 502 valence electrons. The van der Waals surface area contributed by atoms with E-state index in [2.05, 4.69) is 305 Å². The summed E-state index contributed by atoms with van der Waals surface area (Å²) in [6.45, 7) is 0. The molecule has 0 aliphatic rings. The van der Waals surface area contributed by atoms with Crippen LogP contribution in [0.4, 0.5) is 0 Å². The van der Waals surface area contributed by atoms with Crippen LogP contribution in [-0.4, -0.2) is 59.8 Å². The summed E-state index contributed by atoms with van der Waals surface area (Å²) in [4.78, 5) is 58.0. The Hall–Kier alpha value is -14.9. The SMILES string of the molecule is c1ccc(-c2ccc3ccc4ccc(-c5ccc(-c6ccc7ccc(-c8ccc9ccc(-c%10ncccn%10)nc9c8)nc7c6)cc5)nc4c3n2)cc1.c1cnc(-c2ccc3ccc(-c4ccc5ccc(-c6ccc(-c7ccc8ccc9ccc(-c%10ccc%11ccccc%11c%10)nc9c8n7)cc6)cc5n4)cc3n2)nc1. The molecule has 12 nitrogen and oxygen atoms in total. The van der Waals surface area contributed by atoms with E-state index in [1.165, 1.54) is 10.8 Å². The van der Waals surface area contributed by atoms with E-state index in [9.17, 15) is 0 Å². The number of fused-ring (bicyclic) bond motifs is 11. The second-order valence-electron chi connectivity index (χ2n) is 26.8. The highest BCUT2D eigenvalue weighted by molar-refractivity contribution is 6.06. The van der Waals surface area contributed by atoms with Gasteiger partial charge in [-0.25, -0.2) is 59.8 Å². The molecule has 0 amide bonds. The third-order valence-electron chi connectivity index (χ3n) is 20.1. The topological polar surface area (TPSA) is 155 Å². The molecule has 21 aromatic rings. The summed E-state index contributed by atoms with van der Waals surface area (Å²) < 4.78 is 0. The quantitative estimate of drug-likeness (QED) is 0.120. The predicted molar refractivity (Wildman–Crippen MR) is 438 cm³/mol. The van der Waals surface area contributed by atoms with Crippen molar-refractivity contribution in [1.82, 2.24) is 59.8 Å². The van der Waals surface area contributed by atoms with Gasteiger partial charge in [0.2, 0.25) is 0 Å². The van der Waals surface area contributed by atoms with Crippen molar-refractivity contribution in [2.24, 2.45) is 0 Å². The van der Waals surface area contributed by atoms with Gasteiger partial charge in [0.15, 0.2) is 11.6 Å². The zero-order valence-corrected chi connectivity index (χ0v) is 57.9. The van der Waals surface area contributed by atoms with Crippen molar-refractivity contribution < 1.29 is 0 Å². The van der Waals surface area contributed by atoms with Crippen LogP contribution < -0.4 is 0 Å². The number of pyridine rings is 8. The second kappa shape index (κ2) is 26.7. The fourth-order valence-corrected chi connectivity index (χ4v) is 14.4. The molecular weight excluding hydrogens is 1320 g/mol. The summed E-state index contributed by atoms with van der Waals surface area (Å²) in [5, 5.41) is 11.0. The maximum absolute atomic E-state index is 5.20. The number of hydrogen-bond acceptors (Lipinski definition) is 12. The van der Waals surface area contributed by atoms with Crippen LogP contribution in [0.2, 0.25) is 0 Å². The molecule has 12 heteroatoms. The Balaban J connectivity index is 0.000000143. The Bertz CT molecular complexity index is 7110. The average Bonchev–Trinajstić information content (AvgIpc) is 0.767. The molecule has 0 fully saturated rings. The summed E-state index contributed by atoms with van der Waals surface area (Å²) in [7, 11) is 0. The number of rotatable bonds is 10. The van der Waals surface area contributed by atoms with E-state index in [1.807, 2.05) is 30.3 Å². The van der Waals surface area contributed by atoms with Crippen LogP contribution in [0.3, 0.4) is 0 Å². The van der Waals surface area contributed by atoms with Crippen molar-refractivity contribution in [3.63, 3.8) is 0 Å². The minimum Gasteiger partial charge on any atom is -0.248 e. The first-order valence-corrected chi connectivity index (χ1v) is 35.8. The van der Waals surface area contributed by atoms with Crippen LogP contribution in [0.5, 0.6) is 0 Å². The fourth-order valence-electron chi connectivity index (χ4n) is 14.4. The highest BCUT2D eigenvalue weighted by Gasteiger charge is 2.16. The molecule has 108 heavy (non-hydrogen) atoms.